The van der Waals surface area contributed by atoms with E-state index in [1.165, 1.54) is 12.5 Å². The predicted octanol–water partition coefficient (Wildman–Crippen LogP) is 2.92. The first-order valence-electron chi connectivity index (χ1n) is 7.73. The molecule has 0 aromatic heterocycles. The van der Waals surface area contributed by atoms with E-state index in [0.717, 1.165) is 25.7 Å². The molecular weight excluding hydrogens is 254 g/mol. The van der Waals surface area contributed by atoms with E-state index in [1.54, 1.807) is 4.90 Å². The van der Waals surface area contributed by atoms with Crippen LogP contribution in [-0.4, -0.2) is 36.0 Å². The highest BCUT2D eigenvalue weighted by atomic mass is 16.5. The third-order valence-corrected chi connectivity index (χ3v) is 3.99. The van der Waals surface area contributed by atoms with E-state index in [0.29, 0.717) is 25.5 Å². The molecule has 2 atom stereocenters. The first-order valence-corrected chi connectivity index (χ1v) is 7.73. The van der Waals surface area contributed by atoms with Gasteiger partial charge in [-0.1, -0.05) is 39.7 Å². The molecule has 2 unspecified atom stereocenters. The van der Waals surface area contributed by atoms with Crippen molar-refractivity contribution in [2.75, 3.05) is 13.2 Å². The number of likely N-dealkylation sites (tertiary alicyclic amines) is 1. The first kappa shape index (κ1) is 16.7. The van der Waals surface area contributed by atoms with Gasteiger partial charge in [0.05, 0.1) is 6.61 Å². The maximum Gasteiger partial charge on any atom is 0.328 e. The van der Waals surface area contributed by atoms with Crippen LogP contribution in [0.1, 0.15) is 52.4 Å². The average Bonchev–Trinajstić information content (AvgIpc) is 2.95. The van der Waals surface area contributed by atoms with Gasteiger partial charge in [-0.25, -0.2) is 4.79 Å². The molecule has 1 aliphatic rings. The summed E-state index contributed by atoms with van der Waals surface area (Å²) in [5.41, 5.74) is 0. The number of rotatable bonds is 8. The molecule has 0 aliphatic carbocycles. The third kappa shape index (κ3) is 4.66. The van der Waals surface area contributed by atoms with Crippen molar-refractivity contribution in [2.45, 2.75) is 58.4 Å². The summed E-state index contributed by atoms with van der Waals surface area (Å²) in [6.45, 7) is 8.86. The molecule has 0 aromatic carbocycles. The Morgan fingerprint density at radius 1 is 1.45 bits per heavy atom. The van der Waals surface area contributed by atoms with E-state index in [-0.39, 0.29) is 11.9 Å². The van der Waals surface area contributed by atoms with Gasteiger partial charge in [0, 0.05) is 6.54 Å². The Labute approximate surface area is 122 Å². The van der Waals surface area contributed by atoms with Crippen molar-refractivity contribution in [3.8, 4) is 0 Å². The molecule has 1 fully saturated rings. The van der Waals surface area contributed by atoms with Crippen molar-refractivity contribution < 1.29 is 14.3 Å². The number of amides is 1. The van der Waals surface area contributed by atoms with Gasteiger partial charge in [0.1, 0.15) is 6.04 Å². The van der Waals surface area contributed by atoms with Crippen LogP contribution in [-0.2, 0) is 14.3 Å². The zero-order valence-electron chi connectivity index (χ0n) is 12.8. The molecule has 1 rings (SSSR count). The highest BCUT2D eigenvalue weighted by molar-refractivity contribution is 5.91. The second-order valence-corrected chi connectivity index (χ2v) is 5.44. The van der Waals surface area contributed by atoms with Crippen LogP contribution in [0.15, 0.2) is 12.7 Å². The van der Waals surface area contributed by atoms with Crippen molar-refractivity contribution in [3.63, 3.8) is 0 Å². The Morgan fingerprint density at radius 2 is 2.20 bits per heavy atom. The molecule has 1 aliphatic heterocycles. The molecule has 0 bridgehead atoms. The van der Waals surface area contributed by atoms with E-state index in [1.807, 2.05) is 0 Å². The molecule has 0 N–H and O–H groups in total. The number of hydrogen-bond donors (Lipinski definition) is 0. The van der Waals surface area contributed by atoms with Crippen molar-refractivity contribution in [1.29, 1.82) is 0 Å². The maximum atomic E-state index is 12.1. The number of ether oxygens (including phenoxy) is 1. The first-order chi connectivity index (χ1) is 9.63. The van der Waals surface area contributed by atoms with Crippen LogP contribution in [0.2, 0.25) is 0 Å². The standard InChI is InChI=1S/C16H27NO3/c1-4-7-9-13(5-2)12-20-16(19)14-10-8-11-17(14)15(18)6-3/h6,13-14H,3-5,7-12H2,1-2H3. The van der Waals surface area contributed by atoms with Crippen LogP contribution < -0.4 is 0 Å². The van der Waals surface area contributed by atoms with E-state index in [9.17, 15) is 9.59 Å². The van der Waals surface area contributed by atoms with Gasteiger partial charge in [-0.15, -0.1) is 0 Å². The van der Waals surface area contributed by atoms with Gasteiger partial charge in [0.2, 0.25) is 5.91 Å². The normalized spacial score (nSPS) is 19.7. The minimum atomic E-state index is -0.413. The van der Waals surface area contributed by atoms with E-state index in [4.69, 9.17) is 4.74 Å². The monoisotopic (exact) mass is 281 g/mol. The number of unbranched alkanes of at least 4 members (excludes halogenated alkanes) is 1. The number of esters is 1. The lowest BCUT2D eigenvalue weighted by atomic mass is 10.0. The Balaban J connectivity index is 2.44. The van der Waals surface area contributed by atoms with Crippen molar-refractivity contribution in [2.24, 2.45) is 5.92 Å². The van der Waals surface area contributed by atoms with Gasteiger partial charge in [0.25, 0.3) is 0 Å². The van der Waals surface area contributed by atoms with Crippen molar-refractivity contribution >= 4 is 11.9 Å². The molecular formula is C16H27NO3. The van der Waals surface area contributed by atoms with Gasteiger partial charge < -0.3 is 9.64 Å². The summed E-state index contributed by atoms with van der Waals surface area (Å²) >= 11 is 0. The van der Waals surface area contributed by atoms with E-state index < -0.39 is 6.04 Å². The Hall–Kier alpha value is -1.32. The van der Waals surface area contributed by atoms with Crippen LogP contribution >= 0.6 is 0 Å². The molecule has 1 saturated heterocycles. The van der Waals surface area contributed by atoms with Crippen LogP contribution in [0.4, 0.5) is 0 Å². The quantitative estimate of drug-likeness (QED) is 0.507. The second-order valence-electron chi connectivity index (χ2n) is 5.44. The summed E-state index contributed by atoms with van der Waals surface area (Å²) in [6.07, 6.45) is 7.26. The molecule has 1 amide bonds. The predicted molar refractivity (Wildman–Crippen MR) is 79.2 cm³/mol. The molecule has 4 nitrogen and oxygen atoms in total. The van der Waals surface area contributed by atoms with Gasteiger partial charge in [-0.05, 0) is 31.3 Å². The molecule has 114 valence electrons. The van der Waals surface area contributed by atoms with Crippen LogP contribution in [0.25, 0.3) is 0 Å². The van der Waals surface area contributed by atoms with Crippen LogP contribution in [0.5, 0.6) is 0 Å². The lowest BCUT2D eigenvalue weighted by Gasteiger charge is -2.23. The largest absolute Gasteiger partial charge is 0.464 e. The summed E-state index contributed by atoms with van der Waals surface area (Å²) < 4.78 is 5.43. The minimum absolute atomic E-state index is 0.178. The third-order valence-electron chi connectivity index (χ3n) is 3.99. The lowest BCUT2D eigenvalue weighted by Crippen LogP contribution is -2.41. The van der Waals surface area contributed by atoms with Crippen molar-refractivity contribution in [1.82, 2.24) is 4.90 Å². The van der Waals surface area contributed by atoms with E-state index in [2.05, 4.69) is 20.4 Å². The SMILES string of the molecule is C=CC(=O)N1CCCC1C(=O)OCC(CC)CCCC. The summed E-state index contributed by atoms with van der Waals surface area (Å²) in [5.74, 6) is -0.000943. The maximum absolute atomic E-state index is 12.1. The lowest BCUT2D eigenvalue weighted by molar-refractivity contribution is -0.153. The number of hydrogen-bond acceptors (Lipinski definition) is 3. The fraction of sp³-hybridized carbons (Fsp3) is 0.750. The summed E-state index contributed by atoms with van der Waals surface area (Å²) in [7, 11) is 0. The fourth-order valence-electron chi connectivity index (χ4n) is 2.59. The smallest absolute Gasteiger partial charge is 0.328 e. The summed E-state index contributed by atoms with van der Waals surface area (Å²) in [5, 5.41) is 0. The second kappa shape index (κ2) is 8.77. The number of carbonyl (C=O) groups is 2. The molecule has 0 saturated carbocycles. The van der Waals surface area contributed by atoms with Crippen molar-refractivity contribution in [3.05, 3.63) is 12.7 Å². The minimum Gasteiger partial charge on any atom is -0.464 e. The molecule has 1 heterocycles. The average molecular weight is 281 g/mol. The molecule has 0 spiro atoms. The molecule has 20 heavy (non-hydrogen) atoms. The zero-order chi connectivity index (χ0) is 15.0. The highest BCUT2D eigenvalue weighted by Crippen LogP contribution is 2.20. The Kier molecular flexibility index (Phi) is 7.34. The number of carbonyl (C=O) groups excluding carboxylic acids is 2. The molecule has 0 aromatic rings. The Morgan fingerprint density at radius 3 is 2.80 bits per heavy atom. The molecule has 4 heteroatoms. The van der Waals surface area contributed by atoms with Gasteiger partial charge in [-0.3, -0.25) is 4.79 Å². The zero-order valence-corrected chi connectivity index (χ0v) is 12.8. The van der Waals surface area contributed by atoms with Gasteiger partial charge in [-0.2, -0.15) is 0 Å². The van der Waals surface area contributed by atoms with Gasteiger partial charge >= 0.3 is 5.97 Å². The summed E-state index contributed by atoms with van der Waals surface area (Å²) in [4.78, 5) is 25.4. The fourth-order valence-corrected chi connectivity index (χ4v) is 2.59. The van der Waals surface area contributed by atoms with Crippen LogP contribution in [0, 0.1) is 5.92 Å². The van der Waals surface area contributed by atoms with E-state index >= 15 is 0 Å². The summed E-state index contributed by atoms with van der Waals surface area (Å²) in [6, 6.07) is -0.413. The van der Waals surface area contributed by atoms with Crippen LogP contribution in [0.3, 0.4) is 0 Å². The van der Waals surface area contributed by atoms with Gasteiger partial charge in [0.15, 0.2) is 0 Å². The Bertz CT molecular complexity index is 341. The highest BCUT2D eigenvalue weighted by Gasteiger charge is 2.34. The number of nitrogens with zero attached hydrogens (tertiary/aromatic N) is 1. The topological polar surface area (TPSA) is 46.6 Å². The molecule has 0 radical (unpaired) electrons.